The van der Waals surface area contributed by atoms with Gasteiger partial charge in [-0.2, -0.15) is 13.2 Å². The van der Waals surface area contributed by atoms with Gasteiger partial charge in [-0.05, 0) is 49.2 Å². The smallest absolute Gasteiger partial charge is 0.416 e. The lowest BCUT2D eigenvalue weighted by atomic mass is 10.2. The number of rotatable bonds is 10. The van der Waals surface area contributed by atoms with Gasteiger partial charge in [0.1, 0.15) is 5.75 Å². The van der Waals surface area contributed by atoms with E-state index < -0.39 is 23.8 Å². The molecule has 0 radical (unpaired) electrons. The fourth-order valence-electron chi connectivity index (χ4n) is 3.11. The highest BCUT2D eigenvalue weighted by atomic mass is 35.5. The molecule has 0 unspecified atom stereocenters. The van der Waals surface area contributed by atoms with Gasteiger partial charge in [-0.15, -0.1) is 10.2 Å². The van der Waals surface area contributed by atoms with Crippen LogP contribution in [0.2, 0.25) is 5.02 Å². The molecule has 1 aromatic heterocycles. The van der Waals surface area contributed by atoms with Crippen molar-refractivity contribution in [3.63, 3.8) is 0 Å². The first-order chi connectivity index (χ1) is 17.5. The van der Waals surface area contributed by atoms with Crippen LogP contribution in [-0.2, 0) is 35.8 Å². The van der Waals surface area contributed by atoms with Crippen molar-refractivity contribution in [2.24, 2.45) is 7.05 Å². The van der Waals surface area contributed by atoms with Crippen LogP contribution in [-0.4, -0.2) is 38.4 Å². The van der Waals surface area contributed by atoms with Crippen molar-refractivity contribution in [1.29, 1.82) is 0 Å². The minimum absolute atomic E-state index is 0.0146. The van der Waals surface area contributed by atoms with Crippen molar-refractivity contribution in [2.45, 2.75) is 44.2 Å². The zero-order valence-corrected chi connectivity index (χ0v) is 21.8. The third-order valence-electron chi connectivity index (χ3n) is 5.26. The van der Waals surface area contributed by atoms with Crippen LogP contribution in [0.4, 0.5) is 18.9 Å². The molecular weight excluding hydrogens is 531 g/mol. The Kier molecular flexibility index (Phi) is 9.44. The van der Waals surface area contributed by atoms with Crippen LogP contribution in [0.5, 0.6) is 5.75 Å². The van der Waals surface area contributed by atoms with Crippen LogP contribution in [0.1, 0.15) is 30.8 Å². The maximum Gasteiger partial charge on any atom is 0.416 e. The van der Waals surface area contributed by atoms with Crippen LogP contribution >= 0.6 is 23.4 Å². The van der Waals surface area contributed by atoms with Crippen LogP contribution in [0.25, 0.3) is 0 Å². The average molecular weight is 556 g/mol. The summed E-state index contributed by atoms with van der Waals surface area (Å²) in [6.45, 7) is 3.77. The predicted molar refractivity (Wildman–Crippen MR) is 135 cm³/mol. The van der Waals surface area contributed by atoms with Gasteiger partial charge < -0.3 is 19.9 Å². The fraction of sp³-hybridized carbons (Fsp3) is 0.333. The lowest BCUT2D eigenvalue weighted by Gasteiger charge is -2.15. The van der Waals surface area contributed by atoms with E-state index in [4.69, 9.17) is 16.3 Å². The summed E-state index contributed by atoms with van der Waals surface area (Å²) in [5, 5.41) is 13.5. The lowest BCUT2D eigenvalue weighted by molar-refractivity contribution is -0.137. The first-order valence-corrected chi connectivity index (χ1v) is 12.5. The van der Waals surface area contributed by atoms with Gasteiger partial charge in [0.25, 0.3) is 5.91 Å². The van der Waals surface area contributed by atoms with E-state index in [0.29, 0.717) is 16.7 Å². The van der Waals surface area contributed by atoms with E-state index in [1.165, 1.54) is 0 Å². The van der Waals surface area contributed by atoms with E-state index in [9.17, 15) is 22.8 Å². The third-order valence-corrected chi connectivity index (χ3v) is 6.61. The summed E-state index contributed by atoms with van der Waals surface area (Å²) in [4.78, 5) is 24.7. The number of nitrogens with zero attached hydrogens (tertiary/aromatic N) is 3. The molecule has 0 fully saturated rings. The first kappa shape index (κ1) is 28.3. The molecule has 1 heterocycles. The third kappa shape index (κ3) is 7.86. The number of halogens is 4. The summed E-state index contributed by atoms with van der Waals surface area (Å²) in [7, 11) is 1.67. The van der Waals surface area contributed by atoms with Gasteiger partial charge in [-0.3, -0.25) is 9.59 Å². The number of aryl methyl sites for hydroxylation is 1. The number of hydrogen-bond donors (Lipinski definition) is 2. The van der Waals surface area contributed by atoms with Crippen molar-refractivity contribution >= 4 is 40.9 Å². The van der Waals surface area contributed by atoms with E-state index >= 15 is 0 Å². The summed E-state index contributed by atoms with van der Waals surface area (Å²) < 4.78 is 46.0. The van der Waals surface area contributed by atoms with Crippen molar-refractivity contribution in [2.75, 3.05) is 11.1 Å². The summed E-state index contributed by atoms with van der Waals surface area (Å²) >= 11 is 6.95. The normalized spacial score (nSPS) is 12.2. The molecule has 37 heavy (non-hydrogen) atoms. The Balaban J connectivity index is 1.50. The van der Waals surface area contributed by atoms with Gasteiger partial charge in [0, 0.05) is 7.05 Å². The molecule has 1 atom stereocenters. The van der Waals surface area contributed by atoms with Crippen molar-refractivity contribution in [3.8, 4) is 5.75 Å². The molecule has 3 rings (SSSR count). The Bertz CT molecular complexity index is 1250. The number of nitrogens with one attached hydrogen (secondary N) is 2. The first-order valence-electron chi connectivity index (χ1n) is 11.2. The molecule has 2 N–H and O–H groups in total. The van der Waals surface area contributed by atoms with Crippen molar-refractivity contribution in [1.82, 2.24) is 20.1 Å². The second-order valence-electron chi connectivity index (χ2n) is 7.96. The van der Waals surface area contributed by atoms with Gasteiger partial charge in [0.2, 0.25) is 5.91 Å². The van der Waals surface area contributed by atoms with Gasteiger partial charge in [0.05, 0.1) is 28.6 Å². The van der Waals surface area contributed by atoms with E-state index in [0.717, 1.165) is 41.9 Å². The average Bonchev–Trinajstić information content (AvgIpc) is 3.21. The Labute approximate surface area is 220 Å². The highest BCUT2D eigenvalue weighted by molar-refractivity contribution is 7.99. The van der Waals surface area contributed by atoms with Crippen LogP contribution < -0.4 is 15.4 Å². The highest BCUT2D eigenvalue weighted by Gasteiger charge is 2.31. The molecule has 0 saturated carbocycles. The number of alkyl halides is 3. The van der Waals surface area contributed by atoms with Crippen molar-refractivity contribution in [3.05, 3.63) is 64.4 Å². The monoisotopic (exact) mass is 555 g/mol. The van der Waals surface area contributed by atoms with E-state index in [1.54, 1.807) is 18.5 Å². The molecule has 0 aliphatic carbocycles. The Morgan fingerprint density at radius 2 is 1.86 bits per heavy atom. The number of thioether (sulfide) groups is 1. The van der Waals surface area contributed by atoms with Gasteiger partial charge in [0.15, 0.2) is 17.1 Å². The molecule has 198 valence electrons. The minimum atomic E-state index is -4.56. The van der Waals surface area contributed by atoms with Gasteiger partial charge in [-0.25, -0.2) is 0 Å². The summed E-state index contributed by atoms with van der Waals surface area (Å²) in [5.41, 5.74) is 0.104. The maximum atomic E-state index is 12.9. The zero-order valence-electron chi connectivity index (χ0n) is 20.2. The molecule has 0 saturated heterocycles. The molecule has 8 nitrogen and oxygen atoms in total. The number of hydrogen-bond acceptors (Lipinski definition) is 6. The lowest BCUT2D eigenvalue weighted by Crippen LogP contribution is -2.36. The second-order valence-corrected chi connectivity index (χ2v) is 9.31. The molecule has 0 spiro atoms. The summed E-state index contributed by atoms with van der Waals surface area (Å²) in [5.74, 6) is -0.0261. The molecular formula is C24H25ClF3N5O3S. The number of anilines is 1. The van der Waals surface area contributed by atoms with E-state index in [2.05, 4.69) is 20.8 Å². The van der Waals surface area contributed by atoms with Crippen molar-refractivity contribution < 1.29 is 27.5 Å². The Morgan fingerprint density at radius 1 is 1.16 bits per heavy atom. The number of amides is 2. The number of benzene rings is 2. The highest BCUT2D eigenvalue weighted by Crippen LogP contribution is 2.34. The molecule has 0 aliphatic heterocycles. The largest absolute Gasteiger partial charge is 0.481 e. The van der Waals surface area contributed by atoms with Crippen LogP contribution in [0.3, 0.4) is 0 Å². The molecule has 2 amide bonds. The number of carbonyl (C=O) groups is 2. The van der Waals surface area contributed by atoms with Crippen LogP contribution in [0, 0.1) is 0 Å². The molecule has 13 heteroatoms. The second kappa shape index (κ2) is 12.3. The molecule has 0 bridgehead atoms. The number of aromatic nitrogens is 3. The topological polar surface area (TPSA) is 98.1 Å². The summed E-state index contributed by atoms with van der Waals surface area (Å²) in [6.07, 6.45) is -4.39. The molecule has 0 aliphatic rings. The predicted octanol–water partition coefficient (Wildman–Crippen LogP) is 4.86. The number of ether oxygens (including phenoxy) is 1. The van der Waals surface area contributed by atoms with Gasteiger partial charge in [-0.1, -0.05) is 42.4 Å². The van der Waals surface area contributed by atoms with Crippen LogP contribution in [0.15, 0.2) is 47.6 Å². The maximum absolute atomic E-state index is 12.9. The summed E-state index contributed by atoms with van der Waals surface area (Å²) in [6, 6.07) is 10.2. The van der Waals surface area contributed by atoms with E-state index in [1.807, 2.05) is 31.2 Å². The zero-order chi connectivity index (χ0) is 27.2. The SMILES string of the molecule is CCc1ccc(O[C@@H](C)C(=O)NCc2nnc(SCC(=O)Nc3cc(C(F)(F)F)ccc3Cl)n2C)cc1. The quantitative estimate of drug-likeness (QED) is 0.347. The fourth-order valence-corrected chi connectivity index (χ4v) is 4.00. The molecule has 3 aromatic rings. The minimum Gasteiger partial charge on any atom is -0.481 e. The number of carbonyl (C=O) groups excluding carboxylic acids is 2. The van der Waals surface area contributed by atoms with E-state index in [-0.39, 0.29) is 28.9 Å². The Hall–Kier alpha value is -3.25. The standard InChI is InChI=1S/C24H25ClF3N5O3S/c1-4-15-5-8-17(9-6-15)36-14(2)22(35)29-12-20-31-32-23(33(20)3)37-13-21(34)30-19-11-16(24(26,27)28)7-10-18(19)25/h5-11,14H,4,12-13H2,1-3H3,(H,29,35)(H,30,34)/t14-/m0/s1. The van der Waals surface area contributed by atoms with Gasteiger partial charge >= 0.3 is 6.18 Å². The molecule has 2 aromatic carbocycles. The Morgan fingerprint density at radius 3 is 2.51 bits per heavy atom.